The Labute approximate surface area is 140 Å². The number of amides is 1. The van der Waals surface area contributed by atoms with E-state index in [0.29, 0.717) is 13.1 Å². The van der Waals surface area contributed by atoms with E-state index in [1.807, 2.05) is 7.05 Å². The van der Waals surface area contributed by atoms with E-state index in [1.54, 1.807) is 12.4 Å². The summed E-state index contributed by atoms with van der Waals surface area (Å²) in [6.07, 6.45) is 3.36. The van der Waals surface area contributed by atoms with Crippen molar-refractivity contribution in [1.82, 2.24) is 19.2 Å². The second kappa shape index (κ2) is 6.34. The van der Waals surface area contributed by atoms with Gasteiger partial charge in [0, 0.05) is 37.6 Å². The predicted molar refractivity (Wildman–Crippen MR) is 87.7 cm³/mol. The van der Waals surface area contributed by atoms with Crippen molar-refractivity contribution in [1.29, 1.82) is 0 Å². The number of benzene rings is 1. The molecule has 1 fully saturated rings. The number of nitrogens with one attached hydrogen (secondary N) is 1. The molecule has 1 aromatic heterocycles. The molecule has 1 atom stereocenters. The third-order valence-corrected chi connectivity index (χ3v) is 6.06. The van der Waals surface area contributed by atoms with Gasteiger partial charge < -0.3 is 10.7 Å². The molecule has 0 unspecified atom stereocenters. The summed E-state index contributed by atoms with van der Waals surface area (Å²) in [5.41, 5.74) is 5.42. The summed E-state index contributed by atoms with van der Waals surface area (Å²) in [5, 5.41) is 0. The van der Waals surface area contributed by atoms with E-state index in [-0.39, 0.29) is 23.0 Å². The van der Waals surface area contributed by atoms with Crippen LogP contribution in [0.2, 0.25) is 0 Å². The Bertz CT molecular complexity index is 835. The Morgan fingerprint density at radius 1 is 1.38 bits per heavy atom. The van der Waals surface area contributed by atoms with Gasteiger partial charge in [0.05, 0.1) is 10.9 Å². The van der Waals surface area contributed by atoms with Crippen molar-refractivity contribution in [2.45, 2.75) is 10.9 Å². The molecule has 2 aromatic rings. The molecule has 0 aliphatic carbocycles. The second-order valence-electron chi connectivity index (χ2n) is 5.73. The van der Waals surface area contributed by atoms with Crippen LogP contribution in [0, 0.1) is 0 Å². The average Bonchev–Trinajstić information content (AvgIpc) is 3.09. The van der Waals surface area contributed by atoms with Crippen LogP contribution < -0.4 is 5.73 Å². The van der Waals surface area contributed by atoms with E-state index in [0.717, 1.165) is 5.82 Å². The van der Waals surface area contributed by atoms with Crippen molar-refractivity contribution < 1.29 is 13.2 Å². The van der Waals surface area contributed by atoms with Crippen LogP contribution in [0.15, 0.2) is 41.6 Å². The van der Waals surface area contributed by atoms with E-state index in [2.05, 4.69) is 14.9 Å². The van der Waals surface area contributed by atoms with Gasteiger partial charge in [-0.15, -0.1) is 0 Å². The van der Waals surface area contributed by atoms with Crippen LogP contribution in [-0.4, -0.2) is 60.2 Å². The molecule has 0 saturated carbocycles. The van der Waals surface area contributed by atoms with Gasteiger partial charge in [-0.3, -0.25) is 9.69 Å². The lowest BCUT2D eigenvalue weighted by molar-refractivity contribution is 0.1000. The summed E-state index contributed by atoms with van der Waals surface area (Å²) in [6.45, 7) is 1.24. The first kappa shape index (κ1) is 16.6. The number of carbonyl (C=O) groups is 1. The lowest BCUT2D eigenvalue weighted by Crippen LogP contribution is -2.49. The van der Waals surface area contributed by atoms with Crippen LogP contribution in [0.4, 0.5) is 0 Å². The number of aromatic amines is 1. The zero-order valence-electron chi connectivity index (χ0n) is 13.2. The third kappa shape index (κ3) is 3.05. The molecule has 24 heavy (non-hydrogen) atoms. The number of rotatable bonds is 4. The minimum atomic E-state index is -3.71. The number of hydrogen-bond acceptors (Lipinski definition) is 5. The van der Waals surface area contributed by atoms with Gasteiger partial charge in [-0.1, -0.05) is 6.07 Å². The third-order valence-electron chi connectivity index (χ3n) is 4.20. The Hall–Kier alpha value is -2.23. The summed E-state index contributed by atoms with van der Waals surface area (Å²) in [4.78, 5) is 20.7. The Balaban J connectivity index is 1.90. The maximum atomic E-state index is 12.9. The summed E-state index contributed by atoms with van der Waals surface area (Å²) in [5.74, 6) is 0.0715. The highest BCUT2D eigenvalue weighted by molar-refractivity contribution is 7.89. The summed E-state index contributed by atoms with van der Waals surface area (Å²) in [7, 11) is -1.77. The van der Waals surface area contributed by atoms with Gasteiger partial charge in [0.15, 0.2) is 0 Å². The van der Waals surface area contributed by atoms with Crippen LogP contribution >= 0.6 is 0 Å². The fraction of sp³-hybridized carbons (Fsp3) is 0.333. The molecule has 8 nitrogen and oxygen atoms in total. The number of carbonyl (C=O) groups excluding carboxylic acids is 1. The molecule has 0 radical (unpaired) electrons. The van der Waals surface area contributed by atoms with Crippen molar-refractivity contribution in [3.8, 4) is 0 Å². The van der Waals surface area contributed by atoms with E-state index < -0.39 is 15.9 Å². The molecular weight excluding hydrogens is 330 g/mol. The lowest BCUT2D eigenvalue weighted by Gasteiger charge is -2.37. The van der Waals surface area contributed by atoms with Crippen molar-refractivity contribution in [3.05, 3.63) is 48.0 Å². The number of H-pyrrole nitrogens is 1. The lowest BCUT2D eigenvalue weighted by atomic mass is 10.2. The van der Waals surface area contributed by atoms with Crippen LogP contribution in [0.5, 0.6) is 0 Å². The number of nitrogens with two attached hydrogens (primary N) is 1. The highest BCUT2D eigenvalue weighted by Gasteiger charge is 2.34. The largest absolute Gasteiger partial charge is 0.366 e. The molecule has 3 N–H and O–H groups in total. The molecule has 0 spiro atoms. The smallest absolute Gasteiger partial charge is 0.248 e. The van der Waals surface area contributed by atoms with E-state index in [1.165, 1.54) is 28.6 Å². The molecule has 3 rings (SSSR count). The van der Waals surface area contributed by atoms with Crippen LogP contribution in [0.3, 0.4) is 0 Å². The van der Waals surface area contributed by atoms with Crippen molar-refractivity contribution >= 4 is 15.9 Å². The Kier molecular flexibility index (Phi) is 4.39. The number of nitrogens with zero attached hydrogens (tertiary/aromatic N) is 3. The molecular formula is C15H19N5O3S. The fourth-order valence-corrected chi connectivity index (χ4v) is 4.26. The molecule has 128 valence electrons. The maximum absolute atomic E-state index is 12.9. The number of piperazine rings is 1. The highest BCUT2D eigenvalue weighted by Crippen LogP contribution is 2.26. The van der Waals surface area contributed by atoms with E-state index in [4.69, 9.17) is 5.73 Å². The molecule has 9 heteroatoms. The van der Waals surface area contributed by atoms with Gasteiger partial charge in [-0.25, -0.2) is 13.4 Å². The van der Waals surface area contributed by atoms with Gasteiger partial charge in [0.1, 0.15) is 5.82 Å². The second-order valence-corrected chi connectivity index (χ2v) is 7.66. The molecule has 0 bridgehead atoms. The quantitative estimate of drug-likeness (QED) is 0.818. The first-order chi connectivity index (χ1) is 11.4. The summed E-state index contributed by atoms with van der Waals surface area (Å²) >= 11 is 0. The van der Waals surface area contributed by atoms with Crippen LogP contribution in [-0.2, 0) is 10.0 Å². The number of aromatic nitrogens is 2. The Morgan fingerprint density at radius 3 is 2.83 bits per heavy atom. The number of likely N-dealkylation sites (N-methyl/N-ethyl adjacent to an activating group) is 1. The molecule has 1 aliphatic rings. The van der Waals surface area contributed by atoms with Crippen LogP contribution in [0.25, 0.3) is 0 Å². The molecule has 1 aromatic carbocycles. The monoisotopic (exact) mass is 349 g/mol. The number of sulfonamides is 1. The topological polar surface area (TPSA) is 112 Å². The summed E-state index contributed by atoms with van der Waals surface area (Å²) in [6, 6.07) is 5.66. The molecule has 1 saturated heterocycles. The van der Waals surface area contributed by atoms with Crippen molar-refractivity contribution in [2.75, 3.05) is 26.7 Å². The van der Waals surface area contributed by atoms with Crippen molar-refractivity contribution in [3.63, 3.8) is 0 Å². The molecule has 1 aliphatic heterocycles. The standard InChI is InChI=1S/C15H19N5O3S/c1-19-7-8-20(10-13(19)15-17-5-6-18-15)24(22,23)12-4-2-3-11(9-12)14(16)21/h2-6,9,13H,7-8,10H2,1H3,(H2,16,21)(H,17,18)/t13-/m1/s1. The number of imidazole rings is 1. The number of hydrogen-bond donors (Lipinski definition) is 2. The number of primary amides is 1. The first-order valence-electron chi connectivity index (χ1n) is 7.49. The fourth-order valence-electron chi connectivity index (χ4n) is 2.78. The summed E-state index contributed by atoms with van der Waals surface area (Å²) < 4.78 is 27.2. The SMILES string of the molecule is CN1CCN(S(=O)(=O)c2cccc(C(N)=O)c2)C[C@@H]1c1ncc[nH]1. The molecule has 2 heterocycles. The predicted octanol–water partition coefficient (Wildman–Crippen LogP) is 0.186. The minimum Gasteiger partial charge on any atom is -0.366 e. The van der Waals surface area contributed by atoms with E-state index in [9.17, 15) is 13.2 Å². The van der Waals surface area contributed by atoms with Crippen LogP contribution in [0.1, 0.15) is 22.2 Å². The van der Waals surface area contributed by atoms with Gasteiger partial charge in [-0.2, -0.15) is 4.31 Å². The highest BCUT2D eigenvalue weighted by atomic mass is 32.2. The average molecular weight is 349 g/mol. The van der Waals surface area contributed by atoms with Crippen molar-refractivity contribution in [2.24, 2.45) is 5.73 Å². The minimum absolute atomic E-state index is 0.0709. The first-order valence-corrected chi connectivity index (χ1v) is 8.93. The van der Waals surface area contributed by atoms with Gasteiger partial charge in [-0.05, 0) is 25.2 Å². The van der Waals surface area contributed by atoms with Gasteiger partial charge >= 0.3 is 0 Å². The Morgan fingerprint density at radius 2 is 2.17 bits per heavy atom. The normalized spacial score (nSPS) is 20.1. The molecule has 1 amide bonds. The van der Waals surface area contributed by atoms with Gasteiger partial charge in [0.2, 0.25) is 15.9 Å². The zero-order valence-corrected chi connectivity index (χ0v) is 14.0. The van der Waals surface area contributed by atoms with E-state index >= 15 is 0 Å². The zero-order chi connectivity index (χ0) is 17.3. The van der Waals surface area contributed by atoms with Gasteiger partial charge in [0.25, 0.3) is 0 Å². The maximum Gasteiger partial charge on any atom is 0.248 e.